The van der Waals surface area contributed by atoms with Crippen molar-refractivity contribution >= 4 is 20.7 Å². The lowest BCUT2D eigenvalue weighted by molar-refractivity contribution is -0.156. The molecule has 0 saturated carbocycles. The zero-order chi connectivity index (χ0) is 14.8. The Hall–Kier alpha value is -0.380. The summed E-state index contributed by atoms with van der Waals surface area (Å²) in [6.07, 6.45) is -4.64. The number of nitrogens with one attached hydrogen (secondary N) is 1. The minimum absolute atomic E-state index is 0.447. The fraction of sp³-hybridized carbons (Fsp3) is 1.00. The fourth-order valence-corrected chi connectivity index (χ4v) is 2.37. The van der Waals surface area contributed by atoms with Gasteiger partial charge in [-0.3, -0.25) is 9.11 Å². The molecule has 11 nitrogen and oxygen atoms in total. The summed E-state index contributed by atoms with van der Waals surface area (Å²) in [5.74, 6) is 0. The highest BCUT2D eigenvalue weighted by Crippen LogP contribution is 2.17. The van der Waals surface area contributed by atoms with Crippen molar-refractivity contribution in [2.45, 2.75) is 24.4 Å². The molecular weight excluding hydrogens is 310 g/mol. The summed E-state index contributed by atoms with van der Waals surface area (Å²) in [5.41, 5.74) is 0. The maximum atomic E-state index is 10.5. The van der Waals surface area contributed by atoms with Crippen LogP contribution >= 0.6 is 0 Å². The molecule has 4 atom stereocenters. The lowest BCUT2D eigenvalue weighted by Crippen LogP contribution is -2.60. The molecular formula is C6H13NO10S2. The van der Waals surface area contributed by atoms with Crippen LogP contribution in [0, 0.1) is 0 Å². The Morgan fingerprint density at radius 2 is 1.74 bits per heavy atom. The van der Waals surface area contributed by atoms with E-state index >= 15 is 0 Å². The minimum Gasteiger partial charge on any atom is -0.389 e. The van der Waals surface area contributed by atoms with Gasteiger partial charge in [-0.1, -0.05) is 0 Å². The van der Waals surface area contributed by atoms with Crippen molar-refractivity contribution in [3.05, 3.63) is 0 Å². The summed E-state index contributed by atoms with van der Waals surface area (Å²) < 4.78 is 69.1. The number of hydrogen-bond donors (Lipinski definition) is 5. The molecule has 0 aliphatic carbocycles. The van der Waals surface area contributed by atoms with Crippen LogP contribution in [0.1, 0.15) is 0 Å². The molecule has 0 aromatic carbocycles. The molecule has 1 aliphatic heterocycles. The van der Waals surface area contributed by atoms with Gasteiger partial charge in [0.25, 0.3) is 0 Å². The average Bonchev–Trinajstić information content (AvgIpc) is 2.21. The van der Waals surface area contributed by atoms with Gasteiger partial charge in [0, 0.05) is 0 Å². The van der Waals surface area contributed by atoms with Crippen molar-refractivity contribution in [2.24, 2.45) is 0 Å². The van der Waals surface area contributed by atoms with Crippen LogP contribution in [-0.4, -0.2) is 73.7 Å². The maximum absolute atomic E-state index is 10.5. The normalized spacial score (nSPS) is 33.3. The van der Waals surface area contributed by atoms with Crippen LogP contribution in [0.2, 0.25) is 0 Å². The molecule has 1 aliphatic rings. The number of aliphatic hydroxyl groups is 2. The third kappa shape index (κ3) is 5.64. The van der Waals surface area contributed by atoms with Gasteiger partial charge in [0.05, 0.1) is 19.3 Å². The molecule has 1 rings (SSSR count). The third-order valence-corrected chi connectivity index (χ3v) is 3.35. The van der Waals surface area contributed by atoms with Gasteiger partial charge in [0.2, 0.25) is 0 Å². The first-order chi connectivity index (χ1) is 8.49. The summed E-state index contributed by atoms with van der Waals surface area (Å²) in [6, 6.07) is -1.31. The molecule has 0 aromatic rings. The minimum atomic E-state index is -4.73. The van der Waals surface area contributed by atoms with Gasteiger partial charge in [-0.25, -0.2) is 4.18 Å². The molecule has 5 N–H and O–H groups in total. The van der Waals surface area contributed by atoms with Crippen LogP contribution in [0.3, 0.4) is 0 Å². The Bertz CT molecular complexity index is 498. The van der Waals surface area contributed by atoms with Gasteiger partial charge in [-0.15, -0.1) is 0 Å². The van der Waals surface area contributed by atoms with Crippen molar-refractivity contribution < 1.29 is 45.1 Å². The van der Waals surface area contributed by atoms with Gasteiger partial charge in [-0.05, 0) is 0 Å². The SMILES string of the molecule is O=S(=O)(O)NC1COC(COS(=O)(=O)O)[C@@H](O)C1O. The van der Waals surface area contributed by atoms with E-state index < -0.39 is 58.3 Å². The predicted octanol–water partition coefficient (Wildman–Crippen LogP) is -3.31. The van der Waals surface area contributed by atoms with Crippen molar-refractivity contribution in [3.63, 3.8) is 0 Å². The van der Waals surface area contributed by atoms with E-state index in [0.717, 1.165) is 0 Å². The second-order valence-electron chi connectivity index (χ2n) is 3.76. The van der Waals surface area contributed by atoms with E-state index in [9.17, 15) is 27.0 Å². The van der Waals surface area contributed by atoms with Crippen LogP contribution in [0.4, 0.5) is 0 Å². The predicted molar refractivity (Wildman–Crippen MR) is 57.7 cm³/mol. The van der Waals surface area contributed by atoms with Crippen molar-refractivity contribution in [2.75, 3.05) is 13.2 Å². The van der Waals surface area contributed by atoms with Crippen molar-refractivity contribution in [1.29, 1.82) is 0 Å². The van der Waals surface area contributed by atoms with Gasteiger partial charge in [0.1, 0.15) is 18.3 Å². The first kappa shape index (κ1) is 16.7. The number of hydrogen-bond acceptors (Lipinski definition) is 8. The van der Waals surface area contributed by atoms with E-state index in [-0.39, 0.29) is 0 Å². The van der Waals surface area contributed by atoms with Crippen molar-refractivity contribution in [1.82, 2.24) is 4.72 Å². The molecule has 3 unspecified atom stereocenters. The highest BCUT2D eigenvalue weighted by Gasteiger charge is 2.40. The van der Waals surface area contributed by atoms with E-state index in [2.05, 4.69) is 4.18 Å². The second kappa shape index (κ2) is 5.94. The second-order valence-corrected chi connectivity index (χ2v) is 6.04. The molecule has 1 fully saturated rings. The van der Waals surface area contributed by atoms with Gasteiger partial charge >= 0.3 is 20.7 Å². The Labute approximate surface area is 109 Å². The molecule has 0 amide bonds. The molecule has 0 aromatic heterocycles. The maximum Gasteiger partial charge on any atom is 0.397 e. The summed E-state index contributed by atoms with van der Waals surface area (Å²) in [5, 5.41) is 19.1. The van der Waals surface area contributed by atoms with Crippen LogP contribution in [-0.2, 0) is 29.6 Å². The molecule has 0 spiro atoms. The Morgan fingerprint density at radius 1 is 1.16 bits per heavy atom. The smallest absolute Gasteiger partial charge is 0.389 e. The standard InChI is InChI=1S/C6H13NO10S2/c8-5-3(7-18(10,11)12)1-16-4(6(5)9)2-17-19(13,14)15/h3-9H,1-2H2,(H,10,11,12)(H,13,14,15)/t3?,4?,5?,6-/m1/s1. The topological polar surface area (TPSA) is 180 Å². The zero-order valence-corrected chi connectivity index (χ0v) is 10.9. The summed E-state index contributed by atoms with van der Waals surface area (Å²) in [6.45, 7) is -1.22. The third-order valence-electron chi connectivity index (χ3n) is 2.31. The lowest BCUT2D eigenvalue weighted by Gasteiger charge is -2.36. The van der Waals surface area contributed by atoms with Gasteiger partial charge in [-0.2, -0.15) is 21.6 Å². The van der Waals surface area contributed by atoms with Crippen LogP contribution in [0.25, 0.3) is 0 Å². The molecule has 114 valence electrons. The molecule has 19 heavy (non-hydrogen) atoms. The molecule has 0 bridgehead atoms. The molecule has 13 heteroatoms. The largest absolute Gasteiger partial charge is 0.397 e. The summed E-state index contributed by atoms with van der Waals surface area (Å²) in [7, 11) is -9.33. The van der Waals surface area contributed by atoms with E-state index in [1.807, 2.05) is 0 Å². The summed E-state index contributed by atoms with van der Waals surface area (Å²) >= 11 is 0. The Balaban J connectivity index is 2.62. The van der Waals surface area contributed by atoms with E-state index in [1.165, 1.54) is 0 Å². The van der Waals surface area contributed by atoms with E-state index in [0.29, 0.717) is 0 Å². The summed E-state index contributed by atoms with van der Waals surface area (Å²) in [4.78, 5) is 0. The Kier molecular flexibility index (Phi) is 5.21. The fourth-order valence-electron chi connectivity index (χ4n) is 1.48. The molecule has 1 heterocycles. The van der Waals surface area contributed by atoms with E-state index in [1.54, 1.807) is 4.72 Å². The van der Waals surface area contributed by atoms with Crippen LogP contribution in [0.5, 0.6) is 0 Å². The monoisotopic (exact) mass is 323 g/mol. The number of ether oxygens (including phenoxy) is 1. The van der Waals surface area contributed by atoms with Gasteiger partial charge < -0.3 is 14.9 Å². The Morgan fingerprint density at radius 3 is 2.21 bits per heavy atom. The number of aliphatic hydroxyl groups excluding tert-OH is 2. The highest BCUT2D eigenvalue weighted by molar-refractivity contribution is 7.83. The van der Waals surface area contributed by atoms with Gasteiger partial charge in [0.15, 0.2) is 0 Å². The molecule has 0 radical (unpaired) electrons. The zero-order valence-electron chi connectivity index (χ0n) is 9.28. The number of rotatable bonds is 5. The van der Waals surface area contributed by atoms with Crippen LogP contribution in [0.15, 0.2) is 0 Å². The first-order valence-corrected chi connectivity index (χ1v) is 7.64. The van der Waals surface area contributed by atoms with Crippen LogP contribution < -0.4 is 4.72 Å². The lowest BCUT2D eigenvalue weighted by atomic mass is 9.99. The molecule has 1 saturated heterocycles. The average molecular weight is 323 g/mol. The quantitative estimate of drug-likeness (QED) is 0.321. The first-order valence-electron chi connectivity index (χ1n) is 4.84. The van der Waals surface area contributed by atoms with E-state index in [4.69, 9.17) is 13.8 Å². The van der Waals surface area contributed by atoms with Crippen molar-refractivity contribution in [3.8, 4) is 0 Å². The highest BCUT2D eigenvalue weighted by atomic mass is 32.3.